The second-order valence-electron chi connectivity index (χ2n) is 4.79. The Morgan fingerprint density at radius 2 is 1.80 bits per heavy atom. The largest absolute Gasteiger partial charge is 0.399 e. The standard InChI is InChI=1S/C14H21Cl2N3O/c1-4-10(5-2)19(3)8-13(20)18-14-11(15)6-9(17)7-12(14)16/h6-7,10H,4-5,8,17H2,1-3H3,(H,18,20). The summed E-state index contributed by atoms with van der Waals surface area (Å²) < 4.78 is 0. The first-order valence-electron chi connectivity index (χ1n) is 6.63. The SMILES string of the molecule is CCC(CC)N(C)CC(=O)Nc1c(Cl)cc(N)cc1Cl. The molecule has 20 heavy (non-hydrogen) atoms. The summed E-state index contributed by atoms with van der Waals surface area (Å²) in [5.74, 6) is -0.145. The highest BCUT2D eigenvalue weighted by Gasteiger charge is 2.16. The second-order valence-corrected chi connectivity index (χ2v) is 5.61. The Hall–Kier alpha value is -0.970. The molecule has 0 aliphatic heterocycles. The molecule has 1 aromatic carbocycles. The van der Waals surface area contributed by atoms with E-state index in [0.717, 1.165) is 12.8 Å². The second kappa shape index (κ2) is 7.72. The molecular weight excluding hydrogens is 297 g/mol. The van der Waals surface area contributed by atoms with E-state index in [4.69, 9.17) is 28.9 Å². The summed E-state index contributed by atoms with van der Waals surface area (Å²) in [5.41, 5.74) is 6.50. The van der Waals surface area contributed by atoms with Gasteiger partial charge in [0.15, 0.2) is 0 Å². The fourth-order valence-corrected chi connectivity index (χ4v) is 2.76. The molecule has 0 saturated carbocycles. The van der Waals surface area contributed by atoms with Crippen LogP contribution in [-0.4, -0.2) is 30.4 Å². The highest BCUT2D eigenvalue weighted by molar-refractivity contribution is 6.40. The molecule has 1 aromatic rings. The Labute approximate surface area is 130 Å². The van der Waals surface area contributed by atoms with Crippen LogP contribution in [0.2, 0.25) is 10.0 Å². The van der Waals surface area contributed by atoms with Crippen LogP contribution in [0.4, 0.5) is 11.4 Å². The lowest BCUT2D eigenvalue weighted by molar-refractivity contribution is -0.117. The average Bonchev–Trinajstić information content (AvgIpc) is 2.35. The number of hydrogen-bond acceptors (Lipinski definition) is 3. The third kappa shape index (κ3) is 4.54. The zero-order valence-electron chi connectivity index (χ0n) is 12.0. The predicted molar refractivity (Wildman–Crippen MR) is 86.5 cm³/mol. The molecule has 1 amide bonds. The number of nitrogens with one attached hydrogen (secondary N) is 1. The van der Waals surface area contributed by atoms with Gasteiger partial charge in [0, 0.05) is 11.7 Å². The van der Waals surface area contributed by atoms with E-state index >= 15 is 0 Å². The molecule has 1 rings (SSSR count). The average molecular weight is 318 g/mol. The molecule has 3 N–H and O–H groups in total. The summed E-state index contributed by atoms with van der Waals surface area (Å²) in [5, 5.41) is 3.42. The summed E-state index contributed by atoms with van der Waals surface area (Å²) in [6.45, 7) is 4.51. The molecule has 4 nitrogen and oxygen atoms in total. The molecule has 0 aliphatic rings. The van der Waals surface area contributed by atoms with Crippen molar-refractivity contribution in [3.05, 3.63) is 22.2 Å². The number of carbonyl (C=O) groups excluding carboxylic acids is 1. The number of nitrogen functional groups attached to an aromatic ring is 1. The van der Waals surface area contributed by atoms with Gasteiger partial charge < -0.3 is 11.1 Å². The van der Waals surface area contributed by atoms with E-state index in [1.165, 1.54) is 0 Å². The van der Waals surface area contributed by atoms with Gasteiger partial charge in [-0.2, -0.15) is 0 Å². The van der Waals surface area contributed by atoms with Crippen molar-refractivity contribution in [3.8, 4) is 0 Å². The Balaban J connectivity index is 2.72. The van der Waals surface area contributed by atoms with Crippen molar-refractivity contribution in [1.82, 2.24) is 4.90 Å². The maximum atomic E-state index is 12.0. The number of nitrogens with two attached hydrogens (primary N) is 1. The van der Waals surface area contributed by atoms with Gasteiger partial charge in [0.1, 0.15) is 0 Å². The smallest absolute Gasteiger partial charge is 0.238 e. The molecule has 0 unspecified atom stereocenters. The van der Waals surface area contributed by atoms with Gasteiger partial charge in [0.2, 0.25) is 5.91 Å². The predicted octanol–water partition coefficient (Wildman–Crippen LogP) is 3.63. The van der Waals surface area contributed by atoms with Crippen molar-refractivity contribution < 1.29 is 4.79 Å². The van der Waals surface area contributed by atoms with Crippen LogP contribution in [0.15, 0.2) is 12.1 Å². The molecule has 6 heteroatoms. The zero-order valence-corrected chi connectivity index (χ0v) is 13.6. The summed E-state index contributed by atoms with van der Waals surface area (Å²) >= 11 is 12.1. The number of hydrogen-bond donors (Lipinski definition) is 2. The molecule has 0 bridgehead atoms. The van der Waals surface area contributed by atoms with Crippen LogP contribution in [0, 0.1) is 0 Å². The number of halogens is 2. The van der Waals surface area contributed by atoms with E-state index in [2.05, 4.69) is 19.2 Å². The summed E-state index contributed by atoms with van der Waals surface area (Å²) in [6.07, 6.45) is 2.01. The fourth-order valence-electron chi connectivity index (χ4n) is 2.16. The van der Waals surface area contributed by atoms with E-state index in [1.807, 2.05) is 11.9 Å². The van der Waals surface area contributed by atoms with Crippen molar-refractivity contribution in [2.45, 2.75) is 32.7 Å². The van der Waals surface area contributed by atoms with Crippen molar-refractivity contribution in [3.63, 3.8) is 0 Å². The minimum absolute atomic E-state index is 0.145. The molecule has 0 heterocycles. The molecule has 0 atom stereocenters. The number of amides is 1. The maximum Gasteiger partial charge on any atom is 0.238 e. The quantitative estimate of drug-likeness (QED) is 0.787. The van der Waals surface area contributed by atoms with Gasteiger partial charge >= 0.3 is 0 Å². The van der Waals surface area contributed by atoms with Crippen LogP contribution in [0.1, 0.15) is 26.7 Å². The zero-order chi connectivity index (χ0) is 15.3. The van der Waals surface area contributed by atoms with Crippen molar-refractivity contribution in [1.29, 1.82) is 0 Å². The van der Waals surface area contributed by atoms with E-state index in [-0.39, 0.29) is 5.91 Å². The Bertz CT molecular complexity index is 452. The van der Waals surface area contributed by atoms with Crippen molar-refractivity contribution in [2.75, 3.05) is 24.6 Å². The molecule has 0 spiro atoms. The van der Waals surface area contributed by atoms with Gasteiger partial charge in [-0.05, 0) is 32.0 Å². The van der Waals surface area contributed by atoms with Gasteiger partial charge in [-0.25, -0.2) is 0 Å². The number of anilines is 2. The van der Waals surface area contributed by atoms with E-state index in [1.54, 1.807) is 12.1 Å². The first-order chi connectivity index (χ1) is 9.38. The third-order valence-corrected chi connectivity index (χ3v) is 3.88. The highest BCUT2D eigenvalue weighted by Crippen LogP contribution is 2.32. The highest BCUT2D eigenvalue weighted by atomic mass is 35.5. The lowest BCUT2D eigenvalue weighted by Gasteiger charge is -2.25. The van der Waals surface area contributed by atoms with Crippen molar-refractivity contribution >= 4 is 40.5 Å². The Morgan fingerprint density at radius 3 is 2.25 bits per heavy atom. The van der Waals surface area contributed by atoms with E-state index in [9.17, 15) is 4.79 Å². The minimum Gasteiger partial charge on any atom is -0.399 e. The molecule has 0 saturated heterocycles. The van der Waals surface area contributed by atoms with Gasteiger partial charge in [0.05, 0.1) is 22.3 Å². The molecule has 0 radical (unpaired) electrons. The summed E-state index contributed by atoms with van der Waals surface area (Å²) in [4.78, 5) is 14.1. The van der Waals surface area contributed by atoms with Crippen LogP contribution in [0.5, 0.6) is 0 Å². The first kappa shape index (κ1) is 17.1. The van der Waals surface area contributed by atoms with Crippen LogP contribution in [0.25, 0.3) is 0 Å². The molecule has 112 valence electrons. The summed E-state index contributed by atoms with van der Waals surface area (Å²) in [7, 11) is 1.93. The summed E-state index contributed by atoms with van der Waals surface area (Å²) in [6, 6.07) is 3.51. The molecule has 0 aliphatic carbocycles. The number of nitrogens with zero attached hydrogens (tertiary/aromatic N) is 1. The molecule has 0 fully saturated rings. The molecular formula is C14H21Cl2N3O. The third-order valence-electron chi connectivity index (χ3n) is 3.29. The number of rotatable bonds is 6. The fraction of sp³-hybridized carbons (Fsp3) is 0.500. The monoisotopic (exact) mass is 317 g/mol. The lowest BCUT2D eigenvalue weighted by atomic mass is 10.1. The number of carbonyl (C=O) groups is 1. The van der Waals surface area contributed by atoms with Gasteiger partial charge in [0.25, 0.3) is 0 Å². The van der Waals surface area contributed by atoms with Crippen LogP contribution in [0.3, 0.4) is 0 Å². The van der Waals surface area contributed by atoms with E-state index in [0.29, 0.717) is 34.0 Å². The lowest BCUT2D eigenvalue weighted by Crippen LogP contribution is -2.37. The Kier molecular flexibility index (Phi) is 6.59. The maximum absolute atomic E-state index is 12.0. The topological polar surface area (TPSA) is 58.4 Å². The van der Waals surface area contributed by atoms with Crippen LogP contribution >= 0.6 is 23.2 Å². The van der Waals surface area contributed by atoms with Crippen LogP contribution < -0.4 is 11.1 Å². The van der Waals surface area contributed by atoms with E-state index < -0.39 is 0 Å². The van der Waals surface area contributed by atoms with Crippen molar-refractivity contribution in [2.24, 2.45) is 0 Å². The first-order valence-corrected chi connectivity index (χ1v) is 7.39. The van der Waals surface area contributed by atoms with Crippen LogP contribution in [-0.2, 0) is 4.79 Å². The Morgan fingerprint density at radius 1 is 1.30 bits per heavy atom. The van der Waals surface area contributed by atoms with Gasteiger partial charge in [-0.1, -0.05) is 37.0 Å². The van der Waals surface area contributed by atoms with Gasteiger partial charge in [-0.15, -0.1) is 0 Å². The van der Waals surface area contributed by atoms with Gasteiger partial charge in [-0.3, -0.25) is 9.69 Å². The normalized spacial score (nSPS) is 11.2. The number of likely N-dealkylation sites (N-methyl/N-ethyl adjacent to an activating group) is 1. The number of benzene rings is 1. The molecule has 0 aromatic heterocycles. The minimum atomic E-state index is -0.145.